The van der Waals surface area contributed by atoms with Gasteiger partial charge in [-0.15, -0.1) is 11.3 Å². The fourth-order valence-corrected chi connectivity index (χ4v) is 5.66. The van der Waals surface area contributed by atoms with Gasteiger partial charge in [-0.05, 0) is 36.6 Å². The van der Waals surface area contributed by atoms with Crippen molar-refractivity contribution in [3.05, 3.63) is 95.7 Å². The van der Waals surface area contributed by atoms with Gasteiger partial charge in [0, 0.05) is 11.6 Å². The van der Waals surface area contributed by atoms with Crippen molar-refractivity contribution in [1.29, 1.82) is 5.26 Å². The third kappa shape index (κ3) is 3.78. The number of hydrogen-bond acceptors (Lipinski definition) is 8. The maximum atomic E-state index is 13.5. The zero-order valence-electron chi connectivity index (χ0n) is 15.4. The Morgan fingerprint density at radius 3 is 2.23 bits per heavy atom. The van der Waals surface area contributed by atoms with Crippen molar-refractivity contribution in [2.75, 3.05) is 0 Å². The average Bonchev–Trinajstić information content (AvgIpc) is 3.16. The minimum Gasteiger partial charge on any atom is -0.258 e. The summed E-state index contributed by atoms with van der Waals surface area (Å²) in [5.74, 6) is 0. The predicted octanol–water partition coefficient (Wildman–Crippen LogP) is 4.31. The lowest BCUT2D eigenvalue weighted by molar-refractivity contribution is -0.394. The van der Waals surface area contributed by atoms with Crippen molar-refractivity contribution in [2.45, 2.75) is 17.1 Å². The number of thiophene rings is 1. The highest BCUT2D eigenvalue weighted by Crippen LogP contribution is 2.42. The van der Waals surface area contributed by atoms with E-state index >= 15 is 0 Å². The predicted molar refractivity (Wildman–Crippen MR) is 109 cm³/mol. The van der Waals surface area contributed by atoms with Crippen LogP contribution in [-0.4, -0.2) is 18.3 Å². The zero-order chi connectivity index (χ0) is 22.1. The molecule has 1 atom stereocenters. The molecule has 0 N–H and O–H groups in total. The van der Waals surface area contributed by atoms with Gasteiger partial charge in [0.15, 0.2) is 9.84 Å². The molecule has 0 saturated heterocycles. The molecule has 3 rings (SSSR count). The fourth-order valence-electron chi connectivity index (χ4n) is 3.01. The monoisotopic (exact) mass is 443 g/mol. The van der Waals surface area contributed by atoms with E-state index in [-0.39, 0.29) is 20.9 Å². The molecule has 9 nitrogen and oxygen atoms in total. The van der Waals surface area contributed by atoms with Crippen LogP contribution >= 0.6 is 11.3 Å². The van der Waals surface area contributed by atoms with Gasteiger partial charge in [0.05, 0.1) is 26.4 Å². The van der Waals surface area contributed by atoms with E-state index in [0.29, 0.717) is 0 Å². The lowest BCUT2D eigenvalue weighted by Crippen LogP contribution is -2.17. The SMILES string of the molecule is Cc1ccc(S(=O)(=O)C(c2ccc([N+](=O)[O-])cc2[N+](=O)[O-])c2ccsc2C#N)cc1. The molecular formula is C19H13N3O6S2. The number of rotatable bonds is 6. The van der Waals surface area contributed by atoms with E-state index in [1.807, 2.05) is 6.07 Å². The molecule has 152 valence electrons. The normalized spacial score (nSPS) is 12.1. The van der Waals surface area contributed by atoms with E-state index in [1.54, 1.807) is 19.1 Å². The summed E-state index contributed by atoms with van der Waals surface area (Å²) in [7, 11) is -4.23. The van der Waals surface area contributed by atoms with Crippen LogP contribution in [0.1, 0.15) is 26.8 Å². The molecule has 0 aliphatic rings. The molecule has 11 heteroatoms. The minimum atomic E-state index is -4.23. The largest absolute Gasteiger partial charge is 0.281 e. The number of hydrogen-bond donors (Lipinski definition) is 0. The molecule has 0 bridgehead atoms. The van der Waals surface area contributed by atoms with Gasteiger partial charge in [0.25, 0.3) is 11.4 Å². The van der Waals surface area contributed by atoms with Crippen LogP contribution < -0.4 is 0 Å². The van der Waals surface area contributed by atoms with Gasteiger partial charge in [-0.2, -0.15) is 5.26 Å². The van der Waals surface area contributed by atoms with Gasteiger partial charge in [0.1, 0.15) is 16.2 Å². The Kier molecular flexibility index (Phi) is 5.64. The van der Waals surface area contributed by atoms with Crippen LogP contribution in [0.2, 0.25) is 0 Å². The molecule has 0 amide bonds. The highest BCUT2D eigenvalue weighted by Gasteiger charge is 2.38. The van der Waals surface area contributed by atoms with Crippen LogP contribution in [0, 0.1) is 38.5 Å². The molecule has 0 fully saturated rings. The molecule has 30 heavy (non-hydrogen) atoms. The third-order valence-corrected chi connectivity index (χ3v) is 7.34. The van der Waals surface area contributed by atoms with Crippen molar-refractivity contribution < 1.29 is 18.3 Å². The molecular weight excluding hydrogens is 430 g/mol. The van der Waals surface area contributed by atoms with Crippen molar-refractivity contribution in [2.24, 2.45) is 0 Å². The molecule has 2 aromatic carbocycles. The highest BCUT2D eigenvalue weighted by atomic mass is 32.2. The van der Waals surface area contributed by atoms with E-state index in [0.717, 1.165) is 35.1 Å². The second-order valence-corrected chi connectivity index (χ2v) is 9.26. The Hall–Kier alpha value is -3.62. The molecule has 3 aromatic rings. The van der Waals surface area contributed by atoms with Crippen molar-refractivity contribution >= 4 is 32.5 Å². The number of nitro groups is 2. The standard InChI is InChI=1S/C19H13N3O6S2/c1-12-2-5-14(6-3-12)30(27,28)19(16-8-9-29-18(16)11-20)15-7-4-13(21(23)24)10-17(15)22(25)26/h2-10,19H,1H3. The van der Waals surface area contributed by atoms with Crippen LogP contribution in [0.5, 0.6) is 0 Å². The first-order chi connectivity index (χ1) is 14.2. The third-order valence-electron chi connectivity index (χ3n) is 4.44. The summed E-state index contributed by atoms with van der Waals surface area (Å²) in [6, 6.07) is 12.1. The maximum Gasteiger partial charge on any atom is 0.281 e. The Morgan fingerprint density at radius 1 is 1.00 bits per heavy atom. The first kappa shape index (κ1) is 21.1. The van der Waals surface area contributed by atoms with Gasteiger partial charge in [-0.25, -0.2) is 8.42 Å². The number of aryl methyl sites for hydroxylation is 1. The van der Waals surface area contributed by atoms with E-state index in [2.05, 4.69) is 0 Å². The van der Waals surface area contributed by atoms with Gasteiger partial charge < -0.3 is 0 Å². The topological polar surface area (TPSA) is 144 Å². The van der Waals surface area contributed by atoms with Gasteiger partial charge in [0.2, 0.25) is 0 Å². The Morgan fingerprint density at radius 2 is 1.67 bits per heavy atom. The van der Waals surface area contributed by atoms with Crippen LogP contribution in [-0.2, 0) is 9.84 Å². The quantitative estimate of drug-likeness (QED) is 0.408. The summed E-state index contributed by atoms with van der Waals surface area (Å²) in [6.07, 6.45) is 0. The number of nitro benzene ring substituents is 2. The molecule has 1 unspecified atom stereocenters. The summed E-state index contributed by atoms with van der Waals surface area (Å²) in [5, 5.41) is 32.1. The Balaban J connectivity index is 2.35. The van der Waals surface area contributed by atoms with Crippen LogP contribution in [0.25, 0.3) is 0 Å². The van der Waals surface area contributed by atoms with Crippen molar-refractivity contribution in [3.8, 4) is 6.07 Å². The lowest BCUT2D eigenvalue weighted by atomic mass is 10.0. The molecule has 1 heterocycles. The second-order valence-electron chi connectivity index (χ2n) is 6.31. The van der Waals surface area contributed by atoms with E-state index < -0.39 is 36.3 Å². The zero-order valence-corrected chi connectivity index (χ0v) is 17.0. The summed E-state index contributed by atoms with van der Waals surface area (Å²) < 4.78 is 27.1. The van der Waals surface area contributed by atoms with E-state index in [1.165, 1.54) is 23.6 Å². The van der Waals surface area contributed by atoms with E-state index in [9.17, 15) is 33.9 Å². The van der Waals surface area contributed by atoms with Crippen LogP contribution in [0.4, 0.5) is 11.4 Å². The Labute approximate surface area is 175 Å². The lowest BCUT2D eigenvalue weighted by Gasteiger charge is -2.18. The van der Waals surface area contributed by atoms with Gasteiger partial charge in [-0.1, -0.05) is 17.7 Å². The molecule has 0 aliphatic carbocycles. The smallest absolute Gasteiger partial charge is 0.258 e. The van der Waals surface area contributed by atoms with E-state index in [4.69, 9.17) is 0 Å². The number of non-ortho nitro benzene ring substituents is 1. The number of sulfone groups is 1. The molecule has 0 spiro atoms. The maximum absolute atomic E-state index is 13.5. The van der Waals surface area contributed by atoms with Crippen LogP contribution in [0.3, 0.4) is 0 Å². The molecule has 0 saturated carbocycles. The average molecular weight is 443 g/mol. The molecule has 0 radical (unpaired) electrons. The number of benzene rings is 2. The van der Waals surface area contributed by atoms with Crippen molar-refractivity contribution in [1.82, 2.24) is 0 Å². The summed E-state index contributed by atoms with van der Waals surface area (Å²) in [6.45, 7) is 1.78. The first-order valence-electron chi connectivity index (χ1n) is 8.37. The van der Waals surface area contributed by atoms with Crippen LogP contribution in [0.15, 0.2) is 58.8 Å². The summed E-state index contributed by atoms with van der Waals surface area (Å²) >= 11 is 1.00. The molecule has 1 aromatic heterocycles. The second kappa shape index (κ2) is 8.02. The molecule has 0 aliphatic heterocycles. The van der Waals surface area contributed by atoms with Gasteiger partial charge >= 0.3 is 0 Å². The number of nitriles is 1. The Bertz CT molecular complexity index is 1290. The minimum absolute atomic E-state index is 0.0826. The first-order valence-corrected chi connectivity index (χ1v) is 10.8. The fraction of sp³-hybridized carbons (Fsp3) is 0.105. The summed E-state index contributed by atoms with van der Waals surface area (Å²) in [5.41, 5.74) is -0.594. The van der Waals surface area contributed by atoms with Gasteiger partial charge in [-0.3, -0.25) is 20.2 Å². The highest BCUT2D eigenvalue weighted by molar-refractivity contribution is 7.92. The number of nitrogens with zero attached hydrogens (tertiary/aromatic N) is 3. The van der Waals surface area contributed by atoms with Crippen molar-refractivity contribution in [3.63, 3.8) is 0 Å². The summed E-state index contributed by atoms with van der Waals surface area (Å²) in [4.78, 5) is 21.1.